The highest BCUT2D eigenvalue weighted by molar-refractivity contribution is 5.68. The summed E-state index contributed by atoms with van der Waals surface area (Å²) in [7, 11) is 0. The Balaban J connectivity index is 1.62. The van der Waals surface area contributed by atoms with E-state index in [4.69, 9.17) is 0 Å². The quantitative estimate of drug-likeness (QED) is 0.673. The molecule has 3 aromatic rings. The summed E-state index contributed by atoms with van der Waals surface area (Å²) in [6, 6.07) is 11.5. The first-order valence-corrected chi connectivity index (χ1v) is 7.95. The number of imidazole rings is 1. The van der Waals surface area contributed by atoms with E-state index in [-0.39, 0.29) is 0 Å². The summed E-state index contributed by atoms with van der Waals surface area (Å²) >= 11 is 0. The van der Waals surface area contributed by atoms with Gasteiger partial charge in [0.1, 0.15) is 5.65 Å². The van der Waals surface area contributed by atoms with E-state index in [1.165, 1.54) is 47.9 Å². The van der Waals surface area contributed by atoms with Crippen molar-refractivity contribution in [3.63, 3.8) is 0 Å². The molecule has 0 amide bonds. The zero-order valence-corrected chi connectivity index (χ0v) is 12.0. The zero-order valence-electron chi connectivity index (χ0n) is 12.0. The van der Waals surface area contributed by atoms with Gasteiger partial charge < -0.3 is 4.40 Å². The van der Waals surface area contributed by atoms with Crippen LogP contribution in [0.2, 0.25) is 0 Å². The normalized spacial score (nSPS) is 18.3. The number of nitrogens with zero attached hydrogens (tertiary/aromatic N) is 2. The van der Waals surface area contributed by atoms with Crippen molar-refractivity contribution in [1.82, 2.24) is 9.38 Å². The molecule has 1 aromatic carbocycles. The predicted octanol–water partition coefficient (Wildman–Crippen LogP) is 4.76. The lowest BCUT2D eigenvalue weighted by Crippen LogP contribution is -1.93. The summed E-state index contributed by atoms with van der Waals surface area (Å²) in [5, 5.41) is 0. The van der Waals surface area contributed by atoms with Gasteiger partial charge in [-0.25, -0.2) is 4.98 Å². The average Bonchev–Trinajstić information content (AvgIpc) is 3.43. The molecule has 104 valence electrons. The first-order chi connectivity index (χ1) is 10.4. The molecular formula is C19H18N2. The maximum Gasteiger partial charge on any atom is 0.140 e. The molecule has 0 N–H and O–H groups in total. The molecule has 21 heavy (non-hydrogen) atoms. The van der Waals surface area contributed by atoms with Gasteiger partial charge in [0.25, 0.3) is 0 Å². The molecule has 2 fully saturated rings. The number of hydrogen-bond acceptors (Lipinski definition) is 1. The molecule has 2 saturated carbocycles. The van der Waals surface area contributed by atoms with Crippen molar-refractivity contribution in [3.05, 3.63) is 60.0 Å². The van der Waals surface area contributed by atoms with Gasteiger partial charge in [-0.05, 0) is 65.8 Å². The fourth-order valence-corrected chi connectivity index (χ4v) is 3.28. The molecule has 2 aliphatic carbocycles. The van der Waals surface area contributed by atoms with E-state index in [1.807, 2.05) is 6.20 Å². The molecule has 0 radical (unpaired) electrons. The van der Waals surface area contributed by atoms with Crippen molar-refractivity contribution >= 4 is 5.65 Å². The Kier molecular flexibility index (Phi) is 2.31. The molecule has 0 aliphatic heterocycles. The molecular weight excluding hydrogens is 256 g/mol. The lowest BCUT2D eigenvalue weighted by Gasteiger charge is -2.09. The smallest absolute Gasteiger partial charge is 0.140 e. The molecule has 0 atom stereocenters. The van der Waals surface area contributed by atoms with Crippen molar-refractivity contribution in [3.8, 4) is 11.1 Å². The van der Waals surface area contributed by atoms with E-state index < -0.39 is 0 Å². The van der Waals surface area contributed by atoms with Gasteiger partial charge in [0.15, 0.2) is 0 Å². The van der Waals surface area contributed by atoms with Gasteiger partial charge >= 0.3 is 0 Å². The standard InChI is InChI=1S/C19H18N2/c1-2-13(1)14-3-5-15(6-4-14)17-11-18(16-7-8-16)19-20-9-10-21(19)12-17/h3-6,9-13,16H,1-2,7-8H2. The van der Waals surface area contributed by atoms with Crippen LogP contribution in [0.1, 0.15) is 48.6 Å². The van der Waals surface area contributed by atoms with Crippen molar-refractivity contribution in [2.24, 2.45) is 0 Å². The second-order valence-electron chi connectivity index (χ2n) is 6.51. The first-order valence-electron chi connectivity index (χ1n) is 7.95. The maximum absolute atomic E-state index is 4.52. The Hall–Kier alpha value is -2.09. The Labute approximate surface area is 124 Å². The number of hydrogen-bond donors (Lipinski definition) is 0. The van der Waals surface area contributed by atoms with Crippen LogP contribution in [-0.4, -0.2) is 9.38 Å². The Morgan fingerprint density at radius 1 is 0.905 bits per heavy atom. The topological polar surface area (TPSA) is 17.3 Å². The molecule has 0 spiro atoms. The second-order valence-corrected chi connectivity index (χ2v) is 6.51. The molecule has 5 rings (SSSR count). The fraction of sp³-hybridized carbons (Fsp3) is 0.316. The van der Waals surface area contributed by atoms with Gasteiger partial charge in [-0.15, -0.1) is 0 Å². The fourth-order valence-electron chi connectivity index (χ4n) is 3.28. The molecule has 0 unspecified atom stereocenters. The van der Waals surface area contributed by atoms with Gasteiger partial charge in [-0.1, -0.05) is 24.3 Å². The van der Waals surface area contributed by atoms with Crippen LogP contribution in [0.4, 0.5) is 0 Å². The van der Waals surface area contributed by atoms with Crippen LogP contribution in [-0.2, 0) is 0 Å². The Morgan fingerprint density at radius 2 is 1.67 bits per heavy atom. The van der Waals surface area contributed by atoms with E-state index in [9.17, 15) is 0 Å². The Morgan fingerprint density at radius 3 is 2.38 bits per heavy atom. The van der Waals surface area contributed by atoms with Crippen LogP contribution in [0.25, 0.3) is 16.8 Å². The first kappa shape index (κ1) is 11.6. The van der Waals surface area contributed by atoms with Crippen LogP contribution in [0.15, 0.2) is 48.9 Å². The largest absolute Gasteiger partial charge is 0.306 e. The van der Waals surface area contributed by atoms with Crippen LogP contribution < -0.4 is 0 Å². The highest BCUT2D eigenvalue weighted by Crippen LogP contribution is 2.43. The number of fused-ring (bicyclic) bond motifs is 1. The molecule has 0 bridgehead atoms. The molecule has 2 aliphatic rings. The number of rotatable bonds is 3. The van der Waals surface area contributed by atoms with Crippen molar-refractivity contribution in [2.45, 2.75) is 37.5 Å². The van der Waals surface area contributed by atoms with E-state index in [1.54, 1.807) is 0 Å². The van der Waals surface area contributed by atoms with Gasteiger partial charge in [0.05, 0.1) is 0 Å². The van der Waals surface area contributed by atoms with E-state index in [2.05, 4.69) is 52.1 Å². The average molecular weight is 274 g/mol. The lowest BCUT2D eigenvalue weighted by molar-refractivity contribution is 1.08. The minimum atomic E-state index is 0.723. The van der Waals surface area contributed by atoms with Gasteiger partial charge in [0, 0.05) is 18.6 Å². The number of pyridine rings is 1. The minimum absolute atomic E-state index is 0.723. The molecule has 0 saturated heterocycles. The minimum Gasteiger partial charge on any atom is -0.306 e. The number of aromatic nitrogens is 2. The molecule has 2 nitrogen and oxygen atoms in total. The highest BCUT2D eigenvalue weighted by Gasteiger charge is 2.27. The van der Waals surface area contributed by atoms with E-state index >= 15 is 0 Å². The predicted molar refractivity (Wildman–Crippen MR) is 84.6 cm³/mol. The van der Waals surface area contributed by atoms with Crippen molar-refractivity contribution < 1.29 is 0 Å². The van der Waals surface area contributed by atoms with E-state index in [0.29, 0.717) is 0 Å². The second kappa shape index (κ2) is 4.20. The number of benzene rings is 1. The van der Waals surface area contributed by atoms with Gasteiger partial charge in [-0.3, -0.25) is 0 Å². The third-order valence-corrected chi connectivity index (χ3v) is 4.83. The maximum atomic E-state index is 4.52. The highest BCUT2D eigenvalue weighted by atomic mass is 15.0. The third kappa shape index (κ3) is 1.98. The van der Waals surface area contributed by atoms with Crippen LogP contribution >= 0.6 is 0 Å². The van der Waals surface area contributed by atoms with E-state index in [0.717, 1.165) is 17.5 Å². The van der Waals surface area contributed by atoms with Crippen molar-refractivity contribution in [1.29, 1.82) is 0 Å². The third-order valence-electron chi connectivity index (χ3n) is 4.83. The summed E-state index contributed by atoms with van der Waals surface area (Å²) in [5.74, 6) is 1.55. The Bertz CT molecular complexity index is 805. The summed E-state index contributed by atoms with van der Waals surface area (Å²) in [4.78, 5) is 4.52. The summed E-state index contributed by atoms with van der Waals surface area (Å²) < 4.78 is 2.18. The van der Waals surface area contributed by atoms with Crippen LogP contribution in [0, 0.1) is 0 Å². The lowest BCUT2D eigenvalue weighted by atomic mass is 10.0. The molecule has 2 aromatic heterocycles. The summed E-state index contributed by atoms with van der Waals surface area (Å²) in [6.07, 6.45) is 11.5. The van der Waals surface area contributed by atoms with Crippen LogP contribution in [0.3, 0.4) is 0 Å². The van der Waals surface area contributed by atoms with Crippen LogP contribution in [0.5, 0.6) is 0 Å². The van der Waals surface area contributed by atoms with Crippen molar-refractivity contribution in [2.75, 3.05) is 0 Å². The SMILES string of the molecule is c1cn2cc(-c3ccc(C4CC4)cc3)cc(C3CC3)c2n1. The molecule has 2 heterocycles. The van der Waals surface area contributed by atoms with Gasteiger partial charge in [-0.2, -0.15) is 0 Å². The van der Waals surface area contributed by atoms with Gasteiger partial charge in [0.2, 0.25) is 0 Å². The summed E-state index contributed by atoms with van der Waals surface area (Å²) in [6.45, 7) is 0. The summed E-state index contributed by atoms with van der Waals surface area (Å²) in [5.41, 5.74) is 6.69. The molecule has 2 heteroatoms. The monoisotopic (exact) mass is 274 g/mol. The zero-order chi connectivity index (χ0) is 13.8.